The highest BCUT2D eigenvalue weighted by Crippen LogP contribution is 2.31. The first-order chi connectivity index (χ1) is 15.4. The second-order valence-corrected chi connectivity index (χ2v) is 10.9. The van der Waals surface area contributed by atoms with Gasteiger partial charge in [-0.15, -0.1) is 0 Å². The molecule has 2 heterocycles. The minimum Gasteiger partial charge on any atom is -1.00 e. The Kier molecular flexibility index (Phi) is 8.83. The summed E-state index contributed by atoms with van der Waals surface area (Å²) in [6.07, 6.45) is -0.0880. The lowest BCUT2D eigenvalue weighted by molar-refractivity contribution is -0.118. The summed E-state index contributed by atoms with van der Waals surface area (Å²) >= 11 is 1.47. The maximum Gasteiger partial charge on any atom is 0.229 e. The number of para-hydroxylation sites is 1. The van der Waals surface area contributed by atoms with Crippen molar-refractivity contribution >= 4 is 42.4 Å². The molecule has 1 saturated heterocycles. The van der Waals surface area contributed by atoms with E-state index in [2.05, 4.69) is 4.90 Å². The van der Waals surface area contributed by atoms with E-state index in [1.54, 1.807) is 35.2 Å². The molecule has 33 heavy (non-hydrogen) atoms. The van der Waals surface area contributed by atoms with Gasteiger partial charge in [-0.05, 0) is 30.7 Å². The lowest BCUT2D eigenvalue weighted by Gasteiger charge is -2.29. The van der Waals surface area contributed by atoms with Crippen molar-refractivity contribution in [1.82, 2.24) is 9.88 Å². The molecule has 3 aromatic rings. The van der Waals surface area contributed by atoms with Gasteiger partial charge in [0.15, 0.2) is 15.0 Å². The van der Waals surface area contributed by atoms with Crippen LogP contribution in [0.4, 0.5) is 5.13 Å². The summed E-state index contributed by atoms with van der Waals surface area (Å²) in [4.78, 5) is 22.1. The average molecular weight is 509 g/mol. The van der Waals surface area contributed by atoms with Crippen molar-refractivity contribution < 1.29 is 30.4 Å². The number of carbonyl (C=O) groups excluding carboxylic acids is 1. The van der Waals surface area contributed by atoms with E-state index in [1.165, 1.54) is 11.3 Å². The SMILES string of the molecule is Cc1cccc2sc(N(CCN3CCOCC3)C(=O)CCS(=O)(=O)c3ccccc3)nc12.[Cl-]. The number of rotatable bonds is 8. The van der Waals surface area contributed by atoms with Crippen molar-refractivity contribution in [3.05, 3.63) is 54.1 Å². The fourth-order valence-electron chi connectivity index (χ4n) is 3.69. The van der Waals surface area contributed by atoms with E-state index in [9.17, 15) is 13.2 Å². The van der Waals surface area contributed by atoms with Crippen LogP contribution in [0.1, 0.15) is 12.0 Å². The van der Waals surface area contributed by atoms with Gasteiger partial charge in [-0.3, -0.25) is 14.6 Å². The van der Waals surface area contributed by atoms with E-state index in [1.807, 2.05) is 25.1 Å². The van der Waals surface area contributed by atoms with Gasteiger partial charge in [-0.25, -0.2) is 13.4 Å². The highest BCUT2D eigenvalue weighted by Gasteiger charge is 2.24. The van der Waals surface area contributed by atoms with Crippen LogP contribution in [0.15, 0.2) is 53.4 Å². The summed E-state index contributed by atoms with van der Waals surface area (Å²) in [6, 6.07) is 14.2. The Morgan fingerprint density at radius 3 is 2.55 bits per heavy atom. The van der Waals surface area contributed by atoms with E-state index in [-0.39, 0.29) is 35.4 Å². The fraction of sp³-hybridized carbons (Fsp3) is 0.391. The molecule has 10 heteroatoms. The van der Waals surface area contributed by atoms with Gasteiger partial charge in [0.05, 0.1) is 34.1 Å². The number of thiazole rings is 1. The molecule has 1 fully saturated rings. The van der Waals surface area contributed by atoms with Crippen LogP contribution in [0.25, 0.3) is 10.2 Å². The minimum atomic E-state index is -3.53. The first-order valence-corrected chi connectivity index (χ1v) is 13.2. The Morgan fingerprint density at radius 2 is 1.85 bits per heavy atom. The fourth-order valence-corrected chi connectivity index (χ4v) is 6.02. The Balaban J connectivity index is 0.00000306. The third-order valence-electron chi connectivity index (χ3n) is 5.57. The van der Waals surface area contributed by atoms with E-state index < -0.39 is 9.84 Å². The number of sulfone groups is 1. The molecule has 2 aromatic carbocycles. The molecule has 0 radical (unpaired) electrons. The molecular weight excluding hydrogens is 482 g/mol. The van der Waals surface area contributed by atoms with Crippen molar-refractivity contribution in [2.75, 3.05) is 50.0 Å². The van der Waals surface area contributed by atoms with Gasteiger partial charge in [-0.1, -0.05) is 41.7 Å². The van der Waals surface area contributed by atoms with Crippen molar-refractivity contribution in [2.24, 2.45) is 0 Å². The molecular formula is C23H27ClN3O4S2-. The molecule has 1 aliphatic heterocycles. The molecule has 1 amide bonds. The number of hydrogen-bond acceptors (Lipinski definition) is 7. The molecule has 7 nitrogen and oxygen atoms in total. The number of benzene rings is 2. The third-order valence-corrected chi connectivity index (χ3v) is 8.35. The average Bonchev–Trinajstić information content (AvgIpc) is 3.24. The van der Waals surface area contributed by atoms with Gasteiger partial charge in [-0.2, -0.15) is 0 Å². The summed E-state index contributed by atoms with van der Waals surface area (Å²) in [7, 11) is -3.53. The number of anilines is 1. The van der Waals surface area contributed by atoms with Crippen LogP contribution in [0.5, 0.6) is 0 Å². The number of aromatic nitrogens is 1. The van der Waals surface area contributed by atoms with Gasteiger partial charge in [0.2, 0.25) is 5.91 Å². The van der Waals surface area contributed by atoms with Crippen LogP contribution in [-0.4, -0.2) is 69.4 Å². The minimum absolute atomic E-state index is 0. The normalized spacial score (nSPS) is 14.7. The molecule has 1 aliphatic rings. The van der Waals surface area contributed by atoms with Crippen molar-refractivity contribution in [1.29, 1.82) is 0 Å². The maximum absolute atomic E-state index is 13.2. The first kappa shape index (κ1) is 25.6. The number of amides is 1. The number of ether oxygens (including phenoxy) is 1. The standard InChI is InChI=1S/C23H27N3O4S2.ClH/c1-18-6-5-9-20-22(18)24-23(31-20)26(12-11-25-13-15-30-16-14-25)21(27)10-17-32(28,29)19-7-3-2-4-8-19;/h2-9H,10-17H2,1H3;1H/p-1. The van der Waals surface area contributed by atoms with Crippen molar-refractivity contribution in [2.45, 2.75) is 18.2 Å². The van der Waals surface area contributed by atoms with Crippen LogP contribution in [0.3, 0.4) is 0 Å². The Labute approximate surface area is 204 Å². The lowest BCUT2D eigenvalue weighted by atomic mass is 10.2. The highest BCUT2D eigenvalue weighted by molar-refractivity contribution is 7.91. The second-order valence-electron chi connectivity index (χ2n) is 7.80. The number of morpholine rings is 1. The number of hydrogen-bond donors (Lipinski definition) is 0. The molecule has 0 unspecified atom stereocenters. The summed E-state index contributed by atoms with van der Waals surface area (Å²) in [5.41, 5.74) is 1.94. The summed E-state index contributed by atoms with van der Waals surface area (Å²) < 4.78 is 31.8. The molecule has 1 aromatic heterocycles. The lowest BCUT2D eigenvalue weighted by Crippen LogP contribution is -3.00. The van der Waals surface area contributed by atoms with Gasteiger partial charge < -0.3 is 17.1 Å². The van der Waals surface area contributed by atoms with Crippen molar-refractivity contribution in [3.8, 4) is 0 Å². The van der Waals surface area contributed by atoms with Crippen LogP contribution in [0, 0.1) is 6.92 Å². The monoisotopic (exact) mass is 508 g/mol. The molecule has 0 N–H and O–H groups in total. The molecule has 0 aliphatic carbocycles. The number of nitrogens with zero attached hydrogens (tertiary/aromatic N) is 3. The Bertz CT molecular complexity index is 1180. The van der Waals surface area contributed by atoms with Gasteiger partial charge in [0.1, 0.15) is 0 Å². The van der Waals surface area contributed by atoms with Crippen LogP contribution in [-0.2, 0) is 19.4 Å². The second kappa shape index (κ2) is 11.4. The molecule has 0 saturated carbocycles. The zero-order valence-electron chi connectivity index (χ0n) is 18.4. The van der Waals surface area contributed by atoms with Crippen LogP contribution in [0.2, 0.25) is 0 Å². The zero-order valence-corrected chi connectivity index (χ0v) is 20.8. The van der Waals surface area contributed by atoms with Crippen LogP contribution >= 0.6 is 11.3 Å². The topological polar surface area (TPSA) is 79.8 Å². The smallest absolute Gasteiger partial charge is 0.229 e. The summed E-state index contributed by atoms with van der Waals surface area (Å²) in [5, 5.41) is 0.615. The number of carbonyl (C=O) groups is 1. The Hall–Kier alpha value is -2.04. The van der Waals surface area contributed by atoms with Gasteiger partial charge >= 0.3 is 0 Å². The van der Waals surface area contributed by atoms with Gasteiger partial charge in [0.25, 0.3) is 0 Å². The summed E-state index contributed by atoms with van der Waals surface area (Å²) in [5.74, 6) is -0.456. The predicted molar refractivity (Wildman–Crippen MR) is 127 cm³/mol. The Morgan fingerprint density at radius 1 is 1.12 bits per heavy atom. The quantitative estimate of drug-likeness (QED) is 0.430. The molecule has 178 valence electrons. The number of fused-ring (bicyclic) bond motifs is 1. The molecule has 4 rings (SSSR count). The van der Waals surface area contributed by atoms with Crippen LogP contribution < -0.4 is 17.3 Å². The highest BCUT2D eigenvalue weighted by atomic mass is 35.5. The molecule has 0 bridgehead atoms. The predicted octanol–water partition coefficient (Wildman–Crippen LogP) is 0.138. The number of halogens is 1. The third kappa shape index (κ3) is 6.30. The molecule has 0 atom stereocenters. The summed E-state index contributed by atoms with van der Waals surface area (Å²) in [6.45, 7) is 6.16. The maximum atomic E-state index is 13.2. The van der Waals surface area contributed by atoms with Crippen molar-refractivity contribution in [3.63, 3.8) is 0 Å². The van der Waals surface area contributed by atoms with Gasteiger partial charge in [0, 0.05) is 32.6 Å². The number of aryl methyl sites for hydroxylation is 1. The van der Waals surface area contributed by atoms with E-state index in [4.69, 9.17) is 9.72 Å². The molecule has 0 spiro atoms. The van der Waals surface area contributed by atoms with E-state index in [0.717, 1.165) is 28.9 Å². The largest absolute Gasteiger partial charge is 1.00 e. The first-order valence-electron chi connectivity index (χ1n) is 10.7. The van der Waals surface area contributed by atoms with E-state index >= 15 is 0 Å². The van der Waals surface area contributed by atoms with E-state index in [0.29, 0.717) is 31.4 Å². The zero-order chi connectivity index (χ0) is 22.6.